The quantitative estimate of drug-likeness (QED) is 0.199. The summed E-state index contributed by atoms with van der Waals surface area (Å²) in [5.41, 5.74) is 7.23. The Morgan fingerprint density at radius 1 is 1.07 bits per heavy atom. The van der Waals surface area contributed by atoms with E-state index in [2.05, 4.69) is 38.3 Å². The number of hydrogen-bond donors (Lipinski definition) is 6. The minimum absolute atomic E-state index is 0.0871. The number of allylic oxidation sites excluding steroid dienone is 1. The molecule has 1 aromatic rings. The summed E-state index contributed by atoms with van der Waals surface area (Å²) >= 11 is 0. The highest BCUT2D eigenvalue weighted by Gasteiger charge is 2.55. The van der Waals surface area contributed by atoms with Crippen molar-refractivity contribution in [2.24, 2.45) is 35.3 Å². The van der Waals surface area contributed by atoms with Crippen LogP contribution in [0.4, 0.5) is 5.69 Å². The topological polar surface area (TPSA) is 165 Å². The van der Waals surface area contributed by atoms with E-state index >= 15 is 0 Å². The van der Waals surface area contributed by atoms with Crippen molar-refractivity contribution in [1.82, 2.24) is 10.2 Å². The number of hydrogen-bond acceptors (Lipinski definition) is 9. The third kappa shape index (κ3) is 5.10. The van der Waals surface area contributed by atoms with Crippen LogP contribution < -0.4 is 16.4 Å². The molecule has 4 rings (SSSR count). The van der Waals surface area contributed by atoms with Crippen LogP contribution in [0, 0.1) is 29.6 Å². The molecule has 0 radical (unpaired) electrons. The number of carbonyl (C=O) groups is 3. The van der Waals surface area contributed by atoms with Gasteiger partial charge in [-0.15, -0.1) is 0 Å². The molecule has 0 heterocycles. The second-order valence-corrected chi connectivity index (χ2v) is 12.4. The zero-order chi connectivity index (χ0) is 29.6. The van der Waals surface area contributed by atoms with E-state index in [0.717, 1.165) is 12.2 Å². The van der Waals surface area contributed by atoms with Gasteiger partial charge < -0.3 is 31.7 Å². The predicted octanol–water partition coefficient (Wildman–Crippen LogP) is 2.66. The lowest BCUT2D eigenvalue weighted by molar-refractivity contribution is -0.136. The lowest BCUT2D eigenvalue weighted by Gasteiger charge is -2.46. The molecule has 40 heavy (non-hydrogen) atoms. The fourth-order valence-corrected chi connectivity index (χ4v) is 6.50. The second-order valence-electron chi connectivity index (χ2n) is 12.4. The number of aliphatic hydroxyl groups is 2. The van der Waals surface area contributed by atoms with Crippen molar-refractivity contribution in [3.8, 4) is 5.75 Å². The van der Waals surface area contributed by atoms with E-state index in [-0.39, 0.29) is 22.6 Å². The molecule has 1 amide bonds. The molecule has 0 saturated heterocycles. The Kier molecular flexibility index (Phi) is 8.33. The molecule has 0 aromatic heterocycles. The van der Waals surface area contributed by atoms with Gasteiger partial charge in [-0.1, -0.05) is 27.7 Å². The molecular formula is C30H42N4O6. The lowest BCUT2D eigenvalue weighted by atomic mass is 9.59. The molecule has 0 aliphatic heterocycles. The number of nitrogens with two attached hydrogens (primary N) is 1. The van der Waals surface area contributed by atoms with Gasteiger partial charge in [0.1, 0.15) is 22.8 Å². The molecule has 218 valence electrons. The summed E-state index contributed by atoms with van der Waals surface area (Å²) in [6.45, 7) is 10.1. The fraction of sp³-hybridized carbons (Fsp3) is 0.567. The van der Waals surface area contributed by atoms with Crippen LogP contribution in [0.15, 0.2) is 23.0 Å². The summed E-state index contributed by atoms with van der Waals surface area (Å²) in [5, 5.41) is 40.7. The highest BCUT2D eigenvalue weighted by molar-refractivity contribution is 6.28. The first kappa shape index (κ1) is 29.6. The van der Waals surface area contributed by atoms with E-state index in [1.54, 1.807) is 19.0 Å². The van der Waals surface area contributed by atoms with Gasteiger partial charge in [0, 0.05) is 29.9 Å². The fourth-order valence-electron chi connectivity index (χ4n) is 6.50. The van der Waals surface area contributed by atoms with E-state index in [4.69, 9.17) is 5.73 Å². The highest BCUT2D eigenvalue weighted by atomic mass is 16.3. The van der Waals surface area contributed by atoms with E-state index in [1.165, 1.54) is 0 Å². The van der Waals surface area contributed by atoms with Gasteiger partial charge >= 0.3 is 0 Å². The van der Waals surface area contributed by atoms with Gasteiger partial charge in [-0.25, -0.2) is 0 Å². The van der Waals surface area contributed by atoms with Gasteiger partial charge in [0.2, 0.25) is 0 Å². The first-order chi connectivity index (χ1) is 18.8. The number of fused-ring (bicyclic) bond motifs is 3. The molecule has 4 atom stereocenters. The molecule has 10 heteroatoms. The maximum Gasteiger partial charge on any atom is 0.255 e. The Balaban J connectivity index is 1.82. The van der Waals surface area contributed by atoms with Gasteiger partial charge in [0.15, 0.2) is 11.6 Å². The summed E-state index contributed by atoms with van der Waals surface area (Å²) in [6, 6.07) is 1.18. The maximum atomic E-state index is 13.9. The van der Waals surface area contributed by atoms with E-state index in [0.29, 0.717) is 48.9 Å². The van der Waals surface area contributed by atoms with Gasteiger partial charge in [0.25, 0.3) is 5.91 Å². The summed E-state index contributed by atoms with van der Waals surface area (Å²) in [5.74, 6) is -4.89. The Bertz CT molecular complexity index is 1300. The van der Waals surface area contributed by atoms with Gasteiger partial charge in [0.05, 0.1) is 17.5 Å². The van der Waals surface area contributed by atoms with Crippen molar-refractivity contribution >= 4 is 28.9 Å². The number of primary amides is 1. The molecule has 1 aromatic carbocycles. The van der Waals surface area contributed by atoms with Crippen molar-refractivity contribution in [3.05, 3.63) is 39.7 Å². The second kappa shape index (κ2) is 11.2. The Morgan fingerprint density at radius 3 is 2.30 bits per heavy atom. The number of Topliss-reactive ketones (excluding diaryl/α,β-unsaturated/α-hetero) is 2. The Labute approximate surface area is 235 Å². The van der Waals surface area contributed by atoms with Crippen LogP contribution in [-0.2, 0) is 27.3 Å². The zero-order valence-electron chi connectivity index (χ0n) is 24.2. The molecule has 0 bridgehead atoms. The summed E-state index contributed by atoms with van der Waals surface area (Å²) in [6.07, 6.45) is 0.696. The number of aromatic hydroxyl groups is 1. The van der Waals surface area contributed by atoms with E-state index < -0.39 is 52.6 Å². The number of phenolic OH excluding ortho intramolecular Hbond substituents is 1. The maximum absolute atomic E-state index is 13.9. The van der Waals surface area contributed by atoms with Crippen molar-refractivity contribution in [2.75, 3.05) is 32.5 Å². The van der Waals surface area contributed by atoms with Gasteiger partial charge in [-0.2, -0.15) is 0 Å². The molecule has 0 spiro atoms. The summed E-state index contributed by atoms with van der Waals surface area (Å²) in [4.78, 5) is 41.1. The molecular weight excluding hydrogens is 512 g/mol. The number of benzene rings is 1. The number of nitrogens with one attached hydrogen (secondary N) is 2. The van der Waals surface area contributed by atoms with Crippen molar-refractivity contribution in [1.29, 1.82) is 0 Å². The minimum Gasteiger partial charge on any atom is -0.510 e. The number of anilines is 1. The van der Waals surface area contributed by atoms with Crippen LogP contribution in [0.25, 0.3) is 5.76 Å². The van der Waals surface area contributed by atoms with Crippen LogP contribution >= 0.6 is 0 Å². The molecule has 7 N–H and O–H groups in total. The lowest BCUT2D eigenvalue weighted by Crippen LogP contribution is -2.55. The predicted molar refractivity (Wildman–Crippen MR) is 153 cm³/mol. The molecule has 10 nitrogen and oxygen atoms in total. The summed E-state index contributed by atoms with van der Waals surface area (Å²) in [7, 11) is 3.41. The third-order valence-electron chi connectivity index (χ3n) is 8.22. The first-order valence-electron chi connectivity index (χ1n) is 14.0. The van der Waals surface area contributed by atoms with E-state index in [9.17, 15) is 29.7 Å². The average Bonchev–Trinajstić information content (AvgIpc) is 2.82. The molecule has 3 aliphatic carbocycles. The Hall–Kier alpha value is -3.37. The van der Waals surface area contributed by atoms with Gasteiger partial charge in [-0.3, -0.25) is 19.3 Å². The SMILES string of the molecule is CC(C)CNCc1c(NCC(C)C)cc2c(c1O)C(O)=C1C(=O)[C@@H]3C(=O)C(C(N)=O)=C(O)[C@@H](N(C)C)[C@@H]3C[C@@H]1C2. The largest absolute Gasteiger partial charge is 0.510 e. The van der Waals surface area contributed by atoms with Crippen molar-refractivity contribution in [2.45, 2.75) is 53.1 Å². The Morgan fingerprint density at radius 2 is 1.73 bits per heavy atom. The minimum atomic E-state index is -1.26. The number of amides is 1. The number of nitrogens with zero attached hydrogens (tertiary/aromatic N) is 1. The van der Waals surface area contributed by atoms with Crippen LogP contribution in [0.3, 0.4) is 0 Å². The van der Waals surface area contributed by atoms with Crippen molar-refractivity contribution in [3.63, 3.8) is 0 Å². The van der Waals surface area contributed by atoms with Crippen LogP contribution in [0.2, 0.25) is 0 Å². The summed E-state index contributed by atoms with van der Waals surface area (Å²) < 4.78 is 0. The smallest absolute Gasteiger partial charge is 0.255 e. The van der Waals surface area contributed by atoms with Crippen LogP contribution in [-0.4, -0.2) is 70.9 Å². The molecule has 1 saturated carbocycles. The molecule has 3 aliphatic rings. The zero-order valence-corrected chi connectivity index (χ0v) is 24.2. The van der Waals surface area contributed by atoms with Crippen LogP contribution in [0.1, 0.15) is 50.8 Å². The number of carbonyl (C=O) groups excluding carboxylic acids is 3. The standard InChI is InChI=1S/C30H42N4O6/c1-13(2)10-32-12-18-19(33-11-14(3)4)9-16-7-15-8-17-22(27(37)21(15)26(36)20(16)25(18)35)28(38)23(30(31)40)29(39)24(17)34(5)6/h9,13-15,17,22,24,32-33,35-36,39H,7-8,10-12H2,1-6H3,(H2,31,40)/t15-,17+,22+,24-/m0/s1. The molecule has 1 fully saturated rings. The average molecular weight is 555 g/mol. The molecule has 0 unspecified atom stereocenters. The monoisotopic (exact) mass is 554 g/mol. The van der Waals surface area contributed by atoms with Crippen LogP contribution in [0.5, 0.6) is 5.75 Å². The number of rotatable bonds is 9. The third-order valence-corrected chi connectivity index (χ3v) is 8.22. The normalized spacial score (nSPS) is 24.5. The highest BCUT2D eigenvalue weighted by Crippen LogP contribution is 2.51. The number of phenols is 1. The van der Waals surface area contributed by atoms with E-state index in [1.807, 2.05) is 6.07 Å². The number of likely N-dealkylation sites (N-methyl/N-ethyl adjacent to an activating group) is 1. The number of aliphatic hydroxyl groups excluding tert-OH is 2. The van der Waals surface area contributed by atoms with Gasteiger partial charge in [-0.05, 0) is 68.8 Å². The number of ketones is 2. The first-order valence-corrected chi connectivity index (χ1v) is 14.0. The van der Waals surface area contributed by atoms with Crippen molar-refractivity contribution < 1.29 is 29.7 Å².